The minimum atomic E-state index is -8.73. The molecular formula is C24H21F17O. The highest BCUT2D eigenvalue weighted by Gasteiger charge is 2.95. The predicted molar refractivity (Wildman–Crippen MR) is 111 cm³/mol. The standard InChI is InChI=1S/C24H21F17O/c1-12-2-4-13(5-3-12)6-7-14-8-10-15(11-9-14)16(42)17(25,26)18(27,28)19(29,30)20(31,32)21(33,34)22(35,36)23(37,38)24(39,40)41/h8-13H,2-7H2,1H3. The molecule has 1 aromatic carbocycles. The molecule has 0 atom stereocenters. The van der Waals surface area contributed by atoms with Crippen molar-refractivity contribution in [3.05, 3.63) is 35.4 Å². The van der Waals surface area contributed by atoms with Crippen LogP contribution >= 0.6 is 0 Å². The third-order valence-electron chi connectivity index (χ3n) is 7.20. The van der Waals surface area contributed by atoms with E-state index in [0.717, 1.165) is 37.8 Å². The van der Waals surface area contributed by atoms with E-state index >= 15 is 0 Å². The molecule has 0 bridgehead atoms. The normalized spacial score (nSPS) is 20.5. The average Bonchev–Trinajstić information content (AvgIpc) is 2.86. The van der Waals surface area contributed by atoms with Crippen LogP contribution in [0.25, 0.3) is 0 Å². The number of carbonyl (C=O) groups excluding carboxylic acids is 1. The third-order valence-corrected chi connectivity index (χ3v) is 7.20. The summed E-state index contributed by atoms with van der Waals surface area (Å²) in [5.41, 5.74) is -1.24. The van der Waals surface area contributed by atoms with Gasteiger partial charge in [-0.25, -0.2) is 0 Å². The maximum atomic E-state index is 14.3. The molecule has 1 nitrogen and oxygen atoms in total. The summed E-state index contributed by atoms with van der Waals surface area (Å²) >= 11 is 0. The SMILES string of the molecule is CC1CCC(CCc2ccc(C(=O)C(F)(F)C(F)(F)C(F)(F)C(F)(F)C(F)(F)C(F)(F)C(F)(F)C(F)(F)F)cc2)CC1. The van der Waals surface area contributed by atoms with E-state index in [0.29, 0.717) is 30.0 Å². The van der Waals surface area contributed by atoms with Crippen molar-refractivity contribution in [2.75, 3.05) is 0 Å². The van der Waals surface area contributed by atoms with Gasteiger partial charge in [-0.1, -0.05) is 56.9 Å². The maximum Gasteiger partial charge on any atom is 0.460 e. The molecule has 0 aliphatic heterocycles. The van der Waals surface area contributed by atoms with Crippen LogP contribution in [0.15, 0.2) is 24.3 Å². The largest absolute Gasteiger partial charge is 0.460 e. The highest BCUT2D eigenvalue weighted by Crippen LogP contribution is 2.64. The first kappa shape index (κ1) is 35.9. The lowest BCUT2D eigenvalue weighted by atomic mass is 9.80. The van der Waals surface area contributed by atoms with E-state index in [2.05, 4.69) is 6.92 Å². The van der Waals surface area contributed by atoms with Crippen LogP contribution in [0.2, 0.25) is 0 Å². The Labute approximate surface area is 226 Å². The van der Waals surface area contributed by atoms with Crippen LogP contribution in [-0.2, 0) is 6.42 Å². The van der Waals surface area contributed by atoms with E-state index in [1.807, 2.05) is 0 Å². The fourth-order valence-corrected chi connectivity index (χ4v) is 4.30. The van der Waals surface area contributed by atoms with E-state index in [1.54, 1.807) is 0 Å². The lowest BCUT2D eigenvalue weighted by Crippen LogP contribution is -2.75. The van der Waals surface area contributed by atoms with Gasteiger partial charge < -0.3 is 0 Å². The van der Waals surface area contributed by atoms with E-state index in [4.69, 9.17) is 0 Å². The van der Waals surface area contributed by atoms with Crippen molar-refractivity contribution >= 4 is 5.78 Å². The average molecular weight is 648 g/mol. The zero-order valence-corrected chi connectivity index (χ0v) is 21.0. The minimum absolute atomic E-state index is 0.274. The molecule has 1 fully saturated rings. The molecule has 0 spiro atoms. The number of carbonyl (C=O) groups is 1. The summed E-state index contributed by atoms with van der Waals surface area (Å²) in [7, 11) is 0. The lowest BCUT2D eigenvalue weighted by Gasteiger charge is -2.42. The molecule has 0 aromatic heterocycles. The summed E-state index contributed by atoms with van der Waals surface area (Å²) in [6.45, 7) is 2.05. The first-order chi connectivity index (χ1) is 18.6. The molecular weight excluding hydrogens is 627 g/mol. The number of alkyl halides is 17. The van der Waals surface area contributed by atoms with Gasteiger partial charge in [0.15, 0.2) is 0 Å². The molecule has 0 N–H and O–H groups in total. The topological polar surface area (TPSA) is 17.1 Å². The number of hydrogen-bond donors (Lipinski definition) is 0. The number of halogens is 17. The molecule has 0 amide bonds. The lowest BCUT2D eigenvalue weighted by molar-refractivity contribution is -0.459. The third kappa shape index (κ3) is 5.54. The van der Waals surface area contributed by atoms with E-state index in [9.17, 15) is 79.4 Å². The number of Topliss-reactive ketones (excluding diaryl/α,β-unsaturated/α-hetero) is 1. The van der Waals surface area contributed by atoms with Crippen molar-refractivity contribution in [3.8, 4) is 0 Å². The van der Waals surface area contributed by atoms with Gasteiger partial charge in [0, 0.05) is 5.56 Å². The predicted octanol–water partition coefficient (Wildman–Crippen LogP) is 9.64. The number of rotatable bonds is 11. The highest BCUT2D eigenvalue weighted by molar-refractivity contribution is 6.02. The summed E-state index contributed by atoms with van der Waals surface area (Å²) in [5, 5.41) is 0. The summed E-state index contributed by atoms with van der Waals surface area (Å²) in [4.78, 5) is 12.0. The van der Waals surface area contributed by atoms with Gasteiger partial charge >= 0.3 is 47.6 Å². The second-order valence-corrected chi connectivity index (χ2v) is 10.2. The fraction of sp³-hybridized carbons (Fsp3) is 0.708. The molecule has 42 heavy (non-hydrogen) atoms. The summed E-state index contributed by atoms with van der Waals surface area (Å²) in [5.74, 6) is -60.5. The quantitative estimate of drug-likeness (QED) is 0.173. The molecule has 1 aromatic rings. The smallest absolute Gasteiger partial charge is 0.287 e. The van der Waals surface area contributed by atoms with Crippen LogP contribution in [0.5, 0.6) is 0 Å². The second-order valence-electron chi connectivity index (χ2n) is 10.2. The molecule has 2 rings (SSSR count). The van der Waals surface area contributed by atoms with Gasteiger partial charge in [-0.2, -0.15) is 74.6 Å². The van der Waals surface area contributed by atoms with Gasteiger partial charge in [0.2, 0.25) is 5.78 Å². The first-order valence-corrected chi connectivity index (χ1v) is 12.0. The van der Waals surface area contributed by atoms with Crippen molar-refractivity contribution in [3.63, 3.8) is 0 Å². The van der Waals surface area contributed by atoms with Crippen molar-refractivity contribution in [2.45, 2.75) is 93.1 Å². The van der Waals surface area contributed by atoms with Crippen LogP contribution < -0.4 is 0 Å². The highest BCUT2D eigenvalue weighted by atomic mass is 19.4. The Morgan fingerprint density at radius 1 is 0.595 bits per heavy atom. The van der Waals surface area contributed by atoms with Crippen LogP contribution in [-0.4, -0.2) is 53.4 Å². The Balaban J connectivity index is 2.36. The van der Waals surface area contributed by atoms with Gasteiger partial charge in [-0.3, -0.25) is 4.79 Å². The Kier molecular flexibility index (Phi) is 9.40. The zero-order chi connectivity index (χ0) is 33.0. The van der Waals surface area contributed by atoms with Crippen molar-refractivity contribution in [1.29, 1.82) is 0 Å². The number of hydrogen-bond acceptors (Lipinski definition) is 1. The Bertz CT molecular complexity index is 1100. The Morgan fingerprint density at radius 3 is 1.38 bits per heavy atom. The van der Waals surface area contributed by atoms with Gasteiger partial charge in [-0.05, 0) is 30.2 Å². The first-order valence-electron chi connectivity index (χ1n) is 12.0. The number of aryl methyl sites for hydroxylation is 1. The Hall–Kier alpha value is -2.30. The molecule has 0 heterocycles. The summed E-state index contributed by atoms with van der Waals surface area (Å²) < 4.78 is 228. The van der Waals surface area contributed by atoms with Crippen molar-refractivity contribution in [1.82, 2.24) is 0 Å². The second kappa shape index (κ2) is 11.0. The minimum Gasteiger partial charge on any atom is -0.287 e. The van der Waals surface area contributed by atoms with Crippen LogP contribution in [0.1, 0.15) is 54.9 Å². The van der Waals surface area contributed by atoms with Gasteiger partial charge in [0.05, 0.1) is 0 Å². The van der Waals surface area contributed by atoms with Gasteiger partial charge in [0.25, 0.3) is 0 Å². The molecule has 242 valence electrons. The van der Waals surface area contributed by atoms with Gasteiger partial charge in [-0.15, -0.1) is 0 Å². The van der Waals surface area contributed by atoms with Crippen molar-refractivity contribution in [2.24, 2.45) is 11.8 Å². The van der Waals surface area contributed by atoms with Crippen LogP contribution in [0.3, 0.4) is 0 Å². The monoisotopic (exact) mass is 648 g/mol. The van der Waals surface area contributed by atoms with Crippen molar-refractivity contribution < 1.29 is 79.4 Å². The Morgan fingerprint density at radius 2 is 0.976 bits per heavy atom. The van der Waals surface area contributed by atoms with Gasteiger partial charge in [0.1, 0.15) is 0 Å². The zero-order valence-electron chi connectivity index (χ0n) is 21.0. The van der Waals surface area contributed by atoms with E-state index in [-0.39, 0.29) is 12.3 Å². The molecule has 18 heteroatoms. The molecule has 0 radical (unpaired) electrons. The number of ketones is 1. The summed E-state index contributed by atoms with van der Waals surface area (Å²) in [6.07, 6.45) is -3.35. The van der Waals surface area contributed by atoms with Crippen LogP contribution in [0.4, 0.5) is 74.6 Å². The number of benzene rings is 1. The molecule has 1 aliphatic carbocycles. The molecule has 1 saturated carbocycles. The molecule has 0 unspecified atom stereocenters. The van der Waals surface area contributed by atoms with E-state index < -0.39 is 59.0 Å². The van der Waals surface area contributed by atoms with E-state index in [1.165, 1.54) is 0 Å². The van der Waals surface area contributed by atoms with Crippen LogP contribution in [0, 0.1) is 11.8 Å². The summed E-state index contributed by atoms with van der Waals surface area (Å²) in [6, 6.07) is 2.53. The molecule has 0 saturated heterocycles. The molecule has 1 aliphatic rings. The maximum absolute atomic E-state index is 14.3. The fourth-order valence-electron chi connectivity index (χ4n) is 4.30.